The third kappa shape index (κ3) is 4.38. The molecule has 0 bridgehead atoms. The van der Waals surface area contributed by atoms with Gasteiger partial charge in [-0.15, -0.1) is 0 Å². The first-order valence-electron chi connectivity index (χ1n) is 14.6. The van der Waals surface area contributed by atoms with E-state index in [1.54, 1.807) is 12.1 Å². The number of rotatable bonds is 5. The average Bonchev–Trinajstić information content (AvgIpc) is 3.44. The van der Waals surface area contributed by atoms with Gasteiger partial charge in [-0.3, -0.25) is 29.0 Å². The number of allylic oxidation sites excluding steroid dienone is 2. The second kappa shape index (κ2) is 10.8. The van der Waals surface area contributed by atoms with E-state index >= 15 is 0 Å². The number of carboxylic acid groups (broad SMARTS) is 2. The second-order valence-electron chi connectivity index (χ2n) is 12.0. The van der Waals surface area contributed by atoms with Crippen molar-refractivity contribution >= 4 is 62.9 Å². The van der Waals surface area contributed by atoms with Crippen LogP contribution in [0.25, 0.3) is 0 Å². The Bertz CT molecular complexity index is 1940. The van der Waals surface area contributed by atoms with Crippen LogP contribution in [0.2, 0.25) is 0 Å². The van der Waals surface area contributed by atoms with E-state index in [4.69, 9.17) is 0 Å². The van der Waals surface area contributed by atoms with Gasteiger partial charge in [0, 0.05) is 16.0 Å². The Balaban J connectivity index is 1.34. The smallest absolute Gasteiger partial charge is 0.335 e. The standard InChI is InChI=1S/C34H25BrN2O9/c35-17-7-10-25(38)23(13-17)26-20-8-9-21-27(31(41)36(29(21)39)18-5-1-3-15(11-18)33(43)44)22(20)14-24-28(26)32(42)37(30(24)40)19-6-2-4-16(12-19)34(45)46/h1-8,10-13,21-22,24,26-28,38H,9,14H2,(H,43,44)(H,45,46)/t21-,22+,24+,26+,27-,28+/m0/s1. The number of aromatic hydroxyl groups is 1. The predicted molar refractivity (Wildman–Crippen MR) is 165 cm³/mol. The first kappa shape index (κ1) is 29.6. The maximum Gasteiger partial charge on any atom is 0.335 e. The quantitative estimate of drug-likeness (QED) is 0.257. The molecule has 2 saturated heterocycles. The minimum absolute atomic E-state index is 0.0741. The molecule has 1 saturated carbocycles. The highest BCUT2D eigenvalue weighted by Gasteiger charge is 2.62. The van der Waals surface area contributed by atoms with Gasteiger partial charge >= 0.3 is 11.9 Å². The largest absolute Gasteiger partial charge is 0.508 e. The van der Waals surface area contributed by atoms with Crippen LogP contribution in [0, 0.1) is 29.6 Å². The Labute approximate surface area is 269 Å². The first-order valence-corrected chi connectivity index (χ1v) is 15.4. The van der Waals surface area contributed by atoms with Crippen molar-refractivity contribution in [3.63, 3.8) is 0 Å². The summed E-state index contributed by atoms with van der Waals surface area (Å²) < 4.78 is 0.618. The van der Waals surface area contributed by atoms with Gasteiger partial charge in [0.1, 0.15) is 5.75 Å². The monoisotopic (exact) mass is 684 g/mol. The summed E-state index contributed by atoms with van der Waals surface area (Å²) >= 11 is 3.44. The topological polar surface area (TPSA) is 170 Å². The second-order valence-corrected chi connectivity index (χ2v) is 12.9. The van der Waals surface area contributed by atoms with Crippen LogP contribution >= 0.6 is 15.9 Å². The molecule has 0 spiro atoms. The number of phenols is 1. The lowest BCUT2D eigenvalue weighted by Crippen LogP contribution is -2.43. The van der Waals surface area contributed by atoms with Crippen molar-refractivity contribution in [2.24, 2.45) is 29.6 Å². The number of hydrogen-bond donors (Lipinski definition) is 3. The Hall–Kier alpha value is -5.10. The minimum Gasteiger partial charge on any atom is -0.508 e. The number of benzene rings is 3. The van der Waals surface area contributed by atoms with E-state index in [1.165, 1.54) is 54.6 Å². The van der Waals surface area contributed by atoms with Crippen LogP contribution in [0.4, 0.5) is 11.4 Å². The fraction of sp³-hybridized carbons (Fsp3) is 0.235. The first-order chi connectivity index (χ1) is 22.0. The number of amides is 4. The highest BCUT2D eigenvalue weighted by Crippen LogP contribution is 2.59. The van der Waals surface area contributed by atoms with Crippen molar-refractivity contribution in [2.75, 3.05) is 9.80 Å². The third-order valence-electron chi connectivity index (χ3n) is 9.68. The average molecular weight is 685 g/mol. The summed E-state index contributed by atoms with van der Waals surface area (Å²) in [7, 11) is 0. The zero-order valence-electron chi connectivity index (χ0n) is 23.9. The summed E-state index contributed by atoms with van der Waals surface area (Å²) in [5.74, 6) is -9.65. The molecule has 3 aromatic carbocycles. The van der Waals surface area contributed by atoms with E-state index < -0.39 is 71.1 Å². The minimum atomic E-state index is -1.22. The predicted octanol–water partition coefficient (Wildman–Crippen LogP) is 4.60. The van der Waals surface area contributed by atoms with E-state index in [9.17, 15) is 44.1 Å². The molecule has 12 heteroatoms. The molecule has 11 nitrogen and oxygen atoms in total. The van der Waals surface area contributed by atoms with E-state index in [1.807, 2.05) is 6.08 Å². The number of fused-ring (bicyclic) bond motifs is 4. The molecule has 3 fully saturated rings. The van der Waals surface area contributed by atoms with Gasteiger partial charge in [-0.2, -0.15) is 0 Å². The molecular weight excluding hydrogens is 660 g/mol. The summed E-state index contributed by atoms with van der Waals surface area (Å²) in [6.07, 6.45) is 2.08. The molecule has 4 amide bonds. The highest BCUT2D eigenvalue weighted by atomic mass is 79.9. The Morgan fingerprint density at radius 2 is 1.26 bits per heavy atom. The van der Waals surface area contributed by atoms with Gasteiger partial charge in [0.15, 0.2) is 0 Å². The molecule has 0 unspecified atom stereocenters. The van der Waals surface area contributed by atoms with E-state index in [0.29, 0.717) is 15.6 Å². The third-order valence-corrected chi connectivity index (χ3v) is 10.2. The van der Waals surface area contributed by atoms with Gasteiger partial charge in [0.2, 0.25) is 23.6 Å². The Morgan fingerprint density at radius 1 is 0.696 bits per heavy atom. The van der Waals surface area contributed by atoms with Crippen molar-refractivity contribution < 1.29 is 44.1 Å². The number of nitrogens with zero attached hydrogens (tertiary/aromatic N) is 2. The summed E-state index contributed by atoms with van der Waals surface area (Å²) in [6.45, 7) is 0. The molecule has 2 aliphatic heterocycles. The lowest BCUT2D eigenvalue weighted by Gasteiger charge is -2.44. The van der Waals surface area contributed by atoms with Crippen LogP contribution in [0.5, 0.6) is 5.75 Å². The SMILES string of the molecule is O=C(O)c1cccc(N2C(=O)[C@H]3[C@H](CC=C4[C@H]3C[C@H]3C(=O)N(c5cccc(C(=O)O)c5)C(=O)[C@H]3[C@H]4c3cc(Br)ccc3O)C2=O)c1. The fourth-order valence-corrected chi connectivity index (χ4v) is 8.15. The molecule has 2 heterocycles. The van der Waals surface area contributed by atoms with Crippen molar-refractivity contribution in [3.8, 4) is 5.75 Å². The maximum absolute atomic E-state index is 14.2. The molecule has 0 radical (unpaired) electrons. The van der Waals surface area contributed by atoms with Gasteiger partial charge in [-0.25, -0.2) is 9.59 Å². The van der Waals surface area contributed by atoms with Gasteiger partial charge in [0.25, 0.3) is 0 Å². The molecule has 7 rings (SSSR count). The molecule has 3 N–H and O–H groups in total. The van der Waals surface area contributed by atoms with E-state index in [2.05, 4.69) is 15.9 Å². The lowest BCUT2D eigenvalue weighted by atomic mass is 9.57. The van der Waals surface area contributed by atoms with Crippen LogP contribution in [0.15, 0.2) is 82.9 Å². The van der Waals surface area contributed by atoms with E-state index in [-0.39, 0.29) is 41.1 Å². The molecule has 4 aliphatic rings. The lowest BCUT2D eigenvalue weighted by molar-refractivity contribution is -0.126. The van der Waals surface area contributed by atoms with Crippen LogP contribution in [-0.4, -0.2) is 50.9 Å². The normalized spacial score (nSPS) is 26.8. The van der Waals surface area contributed by atoms with Crippen LogP contribution in [-0.2, 0) is 19.2 Å². The maximum atomic E-state index is 14.2. The number of hydrogen-bond acceptors (Lipinski definition) is 7. The van der Waals surface area contributed by atoms with Crippen LogP contribution < -0.4 is 9.80 Å². The van der Waals surface area contributed by atoms with Gasteiger partial charge in [-0.05, 0) is 73.4 Å². The molecule has 46 heavy (non-hydrogen) atoms. The zero-order valence-corrected chi connectivity index (χ0v) is 25.5. The number of carbonyl (C=O) groups is 6. The molecular formula is C34H25BrN2O9. The van der Waals surface area contributed by atoms with Crippen molar-refractivity contribution in [1.29, 1.82) is 0 Å². The Kier molecular flexibility index (Phi) is 6.93. The summed E-state index contributed by atoms with van der Waals surface area (Å²) in [5.41, 5.74) is 1.10. The van der Waals surface area contributed by atoms with Gasteiger partial charge in [-0.1, -0.05) is 39.7 Å². The number of halogens is 1. The van der Waals surface area contributed by atoms with Crippen molar-refractivity contribution in [3.05, 3.63) is 99.5 Å². The van der Waals surface area contributed by atoms with Crippen LogP contribution in [0.1, 0.15) is 45.0 Å². The fourth-order valence-electron chi connectivity index (χ4n) is 7.78. The summed E-state index contributed by atoms with van der Waals surface area (Å²) in [4.78, 5) is 81.5. The molecule has 2 aliphatic carbocycles. The number of aromatic carboxylic acids is 2. The summed E-state index contributed by atoms with van der Waals surface area (Å²) in [6, 6.07) is 15.9. The van der Waals surface area contributed by atoms with E-state index in [0.717, 1.165) is 9.80 Å². The van der Waals surface area contributed by atoms with Crippen LogP contribution in [0.3, 0.4) is 0 Å². The molecule has 3 aromatic rings. The summed E-state index contributed by atoms with van der Waals surface area (Å²) in [5, 5.41) is 30.1. The number of anilines is 2. The van der Waals surface area contributed by atoms with Gasteiger partial charge in [0.05, 0.1) is 46.2 Å². The number of imide groups is 2. The number of carboxylic acids is 2. The molecule has 0 aromatic heterocycles. The highest BCUT2D eigenvalue weighted by molar-refractivity contribution is 9.10. The van der Waals surface area contributed by atoms with Crippen molar-refractivity contribution in [2.45, 2.75) is 18.8 Å². The number of phenolic OH excluding ortho intramolecular Hbond substituents is 1. The number of carbonyl (C=O) groups excluding carboxylic acids is 4. The Morgan fingerprint density at radius 3 is 1.85 bits per heavy atom. The van der Waals surface area contributed by atoms with Gasteiger partial charge < -0.3 is 15.3 Å². The molecule has 232 valence electrons. The molecule has 6 atom stereocenters. The zero-order chi connectivity index (χ0) is 32.6. The van der Waals surface area contributed by atoms with Crippen molar-refractivity contribution in [1.82, 2.24) is 0 Å².